The molecule has 1 aliphatic carbocycles. The van der Waals surface area contributed by atoms with Crippen molar-refractivity contribution >= 4 is 27.3 Å². The second-order valence-electron chi connectivity index (χ2n) is 5.64. The third-order valence-electron chi connectivity index (χ3n) is 4.07. The fourth-order valence-electron chi connectivity index (χ4n) is 2.84. The molecule has 0 bridgehead atoms. The second-order valence-corrected chi connectivity index (χ2v) is 7.73. The molecular formula is C17H17BrF2S. The van der Waals surface area contributed by atoms with Crippen LogP contribution in [-0.4, -0.2) is 0 Å². The van der Waals surface area contributed by atoms with Crippen LogP contribution in [0.25, 0.3) is 0 Å². The predicted octanol–water partition coefficient (Wildman–Crippen LogP) is 6.09. The minimum Gasteiger partial charge on any atom is -0.207 e. The monoisotopic (exact) mass is 370 g/mol. The van der Waals surface area contributed by atoms with E-state index in [9.17, 15) is 8.78 Å². The second kappa shape index (κ2) is 6.17. The van der Waals surface area contributed by atoms with Crippen molar-refractivity contribution < 1.29 is 8.78 Å². The summed E-state index contributed by atoms with van der Waals surface area (Å²) in [6.07, 6.45) is 6.02. The van der Waals surface area contributed by atoms with E-state index >= 15 is 0 Å². The minimum absolute atomic E-state index is 0.200. The number of alkyl halides is 1. The Bertz CT molecular complexity index is 640. The van der Waals surface area contributed by atoms with Crippen LogP contribution < -0.4 is 0 Å². The highest BCUT2D eigenvalue weighted by molar-refractivity contribution is 9.09. The van der Waals surface area contributed by atoms with E-state index in [1.54, 1.807) is 24.3 Å². The molecule has 0 saturated heterocycles. The molecule has 1 heterocycles. The van der Waals surface area contributed by atoms with Crippen molar-refractivity contribution in [2.24, 2.45) is 0 Å². The van der Waals surface area contributed by atoms with Crippen LogP contribution in [0.1, 0.15) is 50.5 Å². The molecule has 1 aliphatic rings. The van der Waals surface area contributed by atoms with Gasteiger partial charge in [0.05, 0.1) is 4.83 Å². The summed E-state index contributed by atoms with van der Waals surface area (Å²) in [7, 11) is 0. The molecule has 0 nitrogen and oxygen atoms in total. The molecule has 0 saturated carbocycles. The van der Waals surface area contributed by atoms with E-state index < -0.39 is 11.6 Å². The van der Waals surface area contributed by atoms with E-state index in [4.69, 9.17) is 0 Å². The van der Waals surface area contributed by atoms with Crippen LogP contribution >= 0.6 is 27.3 Å². The number of thiophene rings is 1. The Balaban J connectivity index is 1.95. The number of halogens is 3. The number of hydrogen-bond acceptors (Lipinski definition) is 1. The zero-order valence-corrected chi connectivity index (χ0v) is 14.3. The summed E-state index contributed by atoms with van der Waals surface area (Å²) < 4.78 is 27.5. The van der Waals surface area contributed by atoms with Crippen molar-refractivity contribution in [3.63, 3.8) is 0 Å². The number of hydrogen-bond donors (Lipinski definition) is 0. The van der Waals surface area contributed by atoms with E-state index in [0.717, 1.165) is 23.8 Å². The fourth-order valence-corrected chi connectivity index (χ4v) is 4.86. The normalized spacial score (nSPS) is 16.4. The van der Waals surface area contributed by atoms with Crippen molar-refractivity contribution in [1.29, 1.82) is 0 Å². The summed E-state index contributed by atoms with van der Waals surface area (Å²) in [6, 6.07) is 4.79. The largest absolute Gasteiger partial charge is 0.207 e. The van der Waals surface area contributed by atoms with Gasteiger partial charge in [-0.1, -0.05) is 22.4 Å². The lowest BCUT2D eigenvalue weighted by molar-refractivity contribution is 0.569. The van der Waals surface area contributed by atoms with E-state index in [1.165, 1.54) is 29.7 Å². The first-order valence-electron chi connectivity index (χ1n) is 7.27. The maximum absolute atomic E-state index is 14.0. The quantitative estimate of drug-likeness (QED) is 0.443. The topological polar surface area (TPSA) is 0 Å². The van der Waals surface area contributed by atoms with Crippen molar-refractivity contribution in [3.8, 4) is 0 Å². The van der Waals surface area contributed by atoms with Crippen molar-refractivity contribution in [2.75, 3.05) is 0 Å². The Hall–Kier alpha value is -0.740. The lowest BCUT2D eigenvalue weighted by Crippen LogP contribution is -1.98. The SMILES string of the molecule is Cc1cc(C(Br)c2cc3c(s2)CCCCC3)c(F)cc1F. The van der Waals surface area contributed by atoms with Crippen molar-refractivity contribution in [1.82, 2.24) is 0 Å². The molecule has 0 aliphatic heterocycles. The minimum atomic E-state index is -0.488. The number of rotatable bonds is 2. The van der Waals surface area contributed by atoms with Gasteiger partial charge in [0, 0.05) is 21.4 Å². The summed E-state index contributed by atoms with van der Waals surface area (Å²) in [4.78, 5) is 2.35. The molecule has 1 aromatic carbocycles. The molecule has 0 radical (unpaired) electrons. The van der Waals surface area contributed by atoms with Gasteiger partial charge in [0.2, 0.25) is 0 Å². The molecule has 0 amide bonds. The molecule has 3 rings (SSSR count). The maximum atomic E-state index is 14.0. The van der Waals surface area contributed by atoms with E-state index in [1.807, 2.05) is 0 Å². The van der Waals surface area contributed by atoms with Crippen LogP contribution in [-0.2, 0) is 12.8 Å². The van der Waals surface area contributed by atoms with Crippen LogP contribution in [0.3, 0.4) is 0 Å². The molecule has 2 aromatic rings. The lowest BCUT2D eigenvalue weighted by Gasteiger charge is -2.11. The van der Waals surface area contributed by atoms with Gasteiger partial charge in [-0.2, -0.15) is 0 Å². The summed E-state index contributed by atoms with van der Waals surface area (Å²) in [6.45, 7) is 1.67. The molecular weight excluding hydrogens is 354 g/mol. The Morgan fingerprint density at radius 1 is 1.05 bits per heavy atom. The smallest absolute Gasteiger partial charge is 0.130 e. The molecule has 0 spiro atoms. The number of aryl methyl sites for hydroxylation is 3. The van der Waals surface area contributed by atoms with Crippen LogP contribution in [0.2, 0.25) is 0 Å². The Morgan fingerprint density at radius 3 is 2.62 bits per heavy atom. The van der Waals surface area contributed by atoms with E-state index in [2.05, 4.69) is 22.0 Å². The molecule has 4 heteroatoms. The van der Waals surface area contributed by atoms with Gasteiger partial charge in [0.15, 0.2) is 0 Å². The third kappa shape index (κ3) is 3.07. The van der Waals surface area contributed by atoms with Gasteiger partial charge in [-0.05, 0) is 55.9 Å². The van der Waals surface area contributed by atoms with Gasteiger partial charge in [-0.25, -0.2) is 8.78 Å². The van der Waals surface area contributed by atoms with Crippen LogP contribution in [0.5, 0.6) is 0 Å². The summed E-state index contributed by atoms with van der Waals surface area (Å²) in [5.74, 6) is -0.971. The first-order valence-corrected chi connectivity index (χ1v) is 9.00. The third-order valence-corrected chi connectivity index (χ3v) is 6.66. The molecule has 21 heavy (non-hydrogen) atoms. The van der Waals surface area contributed by atoms with Gasteiger partial charge in [-0.15, -0.1) is 11.3 Å². The zero-order chi connectivity index (χ0) is 15.0. The van der Waals surface area contributed by atoms with Gasteiger partial charge >= 0.3 is 0 Å². The predicted molar refractivity (Wildman–Crippen MR) is 87.4 cm³/mol. The summed E-state index contributed by atoms with van der Waals surface area (Å²) in [5, 5.41) is 0. The van der Waals surface area contributed by atoms with E-state index in [-0.39, 0.29) is 4.83 Å². The molecule has 112 valence electrons. The first kappa shape index (κ1) is 15.2. The Labute approximate surface area is 136 Å². The Morgan fingerprint density at radius 2 is 1.81 bits per heavy atom. The molecule has 1 atom stereocenters. The van der Waals surface area contributed by atoms with E-state index in [0.29, 0.717) is 11.1 Å². The fraction of sp³-hybridized carbons (Fsp3) is 0.412. The van der Waals surface area contributed by atoms with Crippen LogP contribution in [0.15, 0.2) is 18.2 Å². The van der Waals surface area contributed by atoms with Gasteiger partial charge in [0.1, 0.15) is 11.6 Å². The van der Waals surface area contributed by atoms with Crippen LogP contribution in [0.4, 0.5) is 8.78 Å². The number of fused-ring (bicyclic) bond motifs is 1. The molecule has 0 fully saturated rings. The first-order chi connectivity index (χ1) is 10.1. The lowest BCUT2D eigenvalue weighted by atomic mass is 10.1. The molecule has 1 unspecified atom stereocenters. The highest BCUT2D eigenvalue weighted by Crippen LogP contribution is 2.40. The molecule has 0 N–H and O–H groups in total. The maximum Gasteiger partial charge on any atom is 0.130 e. The average molecular weight is 371 g/mol. The highest BCUT2D eigenvalue weighted by Gasteiger charge is 2.21. The zero-order valence-electron chi connectivity index (χ0n) is 11.9. The Kier molecular flexibility index (Phi) is 4.46. The van der Waals surface area contributed by atoms with Crippen molar-refractivity contribution in [2.45, 2.75) is 43.9 Å². The number of benzene rings is 1. The summed E-state index contributed by atoms with van der Waals surface area (Å²) >= 11 is 5.36. The molecule has 1 aromatic heterocycles. The van der Waals surface area contributed by atoms with Gasteiger partial charge in [-0.3, -0.25) is 0 Å². The van der Waals surface area contributed by atoms with Gasteiger partial charge in [0.25, 0.3) is 0 Å². The highest BCUT2D eigenvalue weighted by atomic mass is 79.9. The standard InChI is InChI=1S/C17H17BrF2S/c1-10-7-12(14(20)9-13(10)19)17(18)16-8-11-5-3-2-4-6-15(11)21-16/h7-9,17H,2-6H2,1H3. The average Bonchev–Trinajstić information content (AvgIpc) is 2.73. The van der Waals surface area contributed by atoms with Gasteiger partial charge < -0.3 is 0 Å². The van der Waals surface area contributed by atoms with Crippen molar-refractivity contribution in [3.05, 3.63) is 56.3 Å². The van der Waals surface area contributed by atoms with Crippen LogP contribution in [0, 0.1) is 18.6 Å². The summed E-state index contributed by atoms with van der Waals surface area (Å²) in [5.41, 5.74) is 2.41.